The molecule has 0 bridgehead atoms. The lowest BCUT2D eigenvalue weighted by Gasteiger charge is -2.12. The number of anilines is 2. The van der Waals surface area contributed by atoms with Gasteiger partial charge >= 0.3 is 0 Å². The molecule has 3 aromatic rings. The van der Waals surface area contributed by atoms with Crippen LogP contribution in [0.1, 0.15) is 19.4 Å². The first-order chi connectivity index (χ1) is 12.2. The van der Waals surface area contributed by atoms with Crippen molar-refractivity contribution in [2.24, 2.45) is 5.92 Å². The van der Waals surface area contributed by atoms with E-state index in [-0.39, 0.29) is 0 Å². The molecule has 2 aromatic carbocycles. The molecule has 25 heavy (non-hydrogen) atoms. The fourth-order valence-corrected chi connectivity index (χ4v) is 2.46. The van der Waals surface area contributed by atoms with Crippen LogP contribution in [0.2, 0.25) is 0 Å². The molecule has 4 heteroatoms. The molecule has 0 saturated heterocycles. The maximum absolute atomic E-state index is 4.68. The highest BCUT2D eigenvalue weighted by Crippen LogP contribution is 2.21. The van der Waals surface area contributed by atoms with E-state index in [1.54, 1.807) is 0 Å². The van der Waals surface area contributed by atoms with Gasteiger partial charge in [0.2, 0.25) is 5.95 Å². The van der Waals surface area contributed by atoms with Gasteiger partial charge in [-0.05, 0) is 11.5 Å². The molecule has 0 aliphatic rings. The molecule has 1 heterocycles. The Hall–Kier alpha value is -2.88. The van der Waals surface area contributed by atoms with Crippen molar-refractivity contribution in [3.8, 4) is 11.3 Å². The van der Waals surface area contributed by atoms with Gasteiger partial charge in [-0.1, -0.05) is 74.5 Å². The van der Waals surface area contributed by atoms with E-state index < -0.39 is 0 Å². The van der Waals surface area contributed by atoms with Crippen LogP contribution in [-0.4, -0.2) is 16.5 Å². The van der Waals surface area contributed by atoms with E-state index in [0.717, 1.165) is 23.6 Å². The van der Waals surface area contributed by atoms with Crippen molar-refractivity contribution in [3.05, 3.63) is 72.3 Å². The van der Waals surface area contributed by atoms with Crippen molar-refractivity contribution < 1.29 is 0 Å². The highest BCUT2D eigenvalue weighted by molar-refractivity contribution is 5.64. The lowest BCUT2D eigenvalue weighted by molar-refractivity contribution is 0.687. The monoisotopic (exact) mass is 332 g/mol. The molecule has 0 radical (unpaired) electrons. The van der Waals surface area contributed by atoms with Crippen LogP contribution in [0, 0.1) is 5.92 Å². The van der Waals surface area contributed by atoms with E-state index in [2.05, 4.69) is 58.7 Å². The Balaban J connectivity index is 1.83. The quantitative estimate of drug-likeness (QED) is 0.651. The number of aromatic nitrogens is 2. The average molecular weight is 332 g/mol. The van der Waals surface area contributed by atoms with Gasteiger partial charge in [0.05, 0.1) is 5.69 Å². The molecule has 2 N–H and O–H groups in total. The maximum atomic E-state index is 4.68. The first kappa shape index (κ1) is 17.0. The first-order valence-electron chi connectivity index (χ1n) is 8.67. The van der Waals surface area contributed by atoms with Gasteiger partial charge in [-0.25, -0.2) is 4.98 Å². The van der Waals surface area contributed by atoms with Gasteiger partial charge in [0.15, 0.2) is 0 Å². The summed E-state index contributed by atoms with van der Waals surface area (Å²) < 4.78 is 0. The van der Waals surface area contributed by atoms with Gasteiger partial charge in [-0.3, -0.25) is 0 Å². The molecule has 128 valence electrons. The summed E-state index contributed by atoms with van der Waals surface area (Å²) in [5, 5.41) is 6.74. The molecule has 3 rings (SSSR count). The third-order valence-corrected chi connectivity index (χ3v) is 3.78. The molecule has 0 atom stereocenters. The zero-order valence-electron chi connectivity index (χ0n) is 14.7. The fourth-order valence-electron chi connectivity index (χ4n) is 2.46. The van der Waals surface area contributed by atoms with E-state index >= 15 is 0 Å². The predicted molar refractivity (Wildman–Crippen MR) is 105 cm³/mol. The minimum Gasteiger partial charge on any atom is -0.370 e. The Morgan fingerprint density at radius 1 is 0.840 bits per heavy atom. The van der Waals surface area contributed by atoms with Crippen LogP contribution in [0.4, 0.5) is 11.8 Å². The van der Waals surface area contributed by atoms with E-state index in [9.17, 15) is 0 Å². The van der Waals surface area contributed by atoms with E-state index in [1.165, 1.54) is 5.56 Å². The zero-order valence-corrected chi connectivity index (χ0v) is 14.7. The third-order valence-electron chi connectivity index (χ3n) is 3.78. The number of rotatable bonds is 7. The second-order valence-corrected chi connectivity index (χ2v) is 6.44. The summed E-state index contributed by atoms with van der Waals surface area (Å²) >= 11 is 0. The van der Waals surface area contributed by atoms with Crippen molar-refractivity contribution in [2.75, 3.05) is 17.2 Å². The smallest absolute Gasteiger partial charge is 0.225 e. The lowest BCUT2D eigenvalue weighted by Crippen LogP contribution is -2.11. The van der Waals surface area contributed by atoms with E-state index in [0.29, 0.717) is 18.4 Å². The van der Waals surface area contributed by atoms with Crippen LogP contribution in [0.3, 0.4) is 0 Å². The van der Waals surface area contributed by atoms with Crippen LogP contribution in [0.5, 0.6) is 0 Å². The zero-order chi connectivity index (χ0) is 17.5. The highest BCUT2D eigenvalue weighted by Gasteiger charge is 2.07. The van der Waals surface area contributed by atoms with Crippen molar-refractivity contribution >= 4 is 11.8 Å². The summed E-state index contributed by atoms with van der Waals surface area (Å²) in [7, 11) is 0. The minimum absolute atomic E-state index is 0.552. The molecular weight excluding hydrogens is 308 g/mol. The number of nitrogens with one attached hydrogen (secondary N) is 2. The molecule has 0 saturated carbocycles. The Bertz CT molecular complexity index is 786. The largest absolute Gasteiger partial charge is 0.370 e. The lowest BCUT2D eigenvalue weighted by atomic mass is 10.1. The number of nitrogens with zero attached hydrogens (tertiary/aromatic N) is 2. The van der Waals surface area contributed by atoms with E-state index in [4.69, 9.17) is 0 Å². The van der Waals surface area contributed by atoms with E-state index in [1.807, 2.05) is 42.5 Å². The summed E-state index contributed by atoms with van der Waals surface area (Å²) in [6.45, 7) is 5.94. The first-order valence-corrected chi connectivity index (χ1v) is 8.67. The van der Waals surface area contributed by atoms with Gasteiger partial charge in [-0.15, -0.1) is 0 Å². The summed E-state index contributed by atoms with van der Waals surface area (Å²) in [4.78, 5) is 9.30. The molecule has 0 amide bonds. The Kier molecular flexibility index (Phi) is 5.62. The van der Waals surface area contributed by atoms with Crippen molar-refractivity contribution in [1.82, 2.24) is 9.97 Å². The second kappa shape index (κ2) is 8.29. The molecular formula is C21H24N4. The Morgan fingerprint density at radius 3 is 2.20 bits per heavy atom. The van der Waals surface area contributed by atoms with Gasteiger partial charge in [0.25, 0.3) is 0 Å². The molecule has 0 aliphatic carbocycles. The predicted octanol–water partition coefficient (Wildman–Crippen LogP) is 4.82. The fraction of sp³-hybridized carbons (Fsp3) is 0.238. The molecule has 1 aromatic heterocycles. The summed E-state index contributed by atoms with van der Waals surface area (Å²) in [6.07, 6.45) is 0. The number of hydrogen-bond donors (Lipinski definition) is 2. The van der Waals surface area contributed by atoms with Crippen LogP contribution < -0.4 is 10.6 Å². The normalized spacial score (nSPS) is 10.7. The van der Waals surface area contributed by atoms with Gasteiger partial charge in [0.1, 0.15) is 5.82 Å². The Labute approximate surface area is 149 Å². The summed E-state index contributed by atoms with van der Waals surface area (Å²) in [6, 6.07) is 22.5. The molecule has 0 fully saturated rings. The standard InChI is InChI=1S/C21H24N4/c1-16(2)14-22-20-13-19(18-11-7-4-8-12-18)24-21(25-20)23-15-17-9-5-3-6-10-17/h3-13,16H,14-15H2,1-2H3,(H2,22,23,24,25). The van der Waals surface area contributed by atoms with Gasteiger partial charge < -0.3 is 10.6 Å². The van der Waals surface area contributed by atoms with Crippen LogP contribution in [0.15, 0.2) is 66.7 Å². The van der Waals surface area contributed by atoms with Crippen LogP contribution in [-0.2, 0) is 6.54 Å². The molecule has 0 aliphatic heterocycles. The molecule has 4 nitrogen and oxygen atoms in total. The van der Waals surface area contributed by atoms with Crippen molar-refractivity contribution in [3.63, 3.8) is 0 Å². The van der Waals surface area contributed by atoms with Crippen molar-refractivity contribution in [1.29, 1.82) is 0 Å². The van der Waals surface area contributed by atoms with Crippen LogP contribution in [0.25, 0.3) is 11.3 Å². The minimum atomic E-state index is 0.552. The molecule has 0 unspecified atom stereocenters. The third kappa shape index (κ3) is 5.05. The summed E-state index contributed by atoms with van der Waals surface area (Å²) in [5.74, 6) is 2.03. The maximum Gasteiger partial charge on any atom is 0.225 e. The highest BCUT2D eigenvalue weighted by atomic mass is 15.1. The summed E-state index contributed by atoms with van der Waals surface area (Å²) in [5.41, 5.74) is 3.20. The topological polar surface area (TPSA) is 49.8 Å². The molecule has 0 spiro atoms. The van der Waals surface area contributed by atoms with Gasteiger partial charge in [0, 0.05) is 24.7 Å². The Morgan fingerprint density at radius 2 is 1.52 bits per heavy atom. The van der Waals surface area contributed by atoms with Gasteiger partial charge in [-0.2, -0.15) is 4.98 Å². The van der Waals surface area contributed by atoms with Crippen molar-refractivity contribution in [2.45, 2.75) is 20.4 Å². The number of benzene rings is 2. The average Bonchev–Trinajstić information content (AvgIpc) is 2.66. The SMILES string of the molecule is CC(C)CNc1cc(-c2ccccc2)nc(NCc2ccccc2)n1. The van der Waals surface area contributed by atoms with Crippen LogP contribution >= 0.6 is 0 Å². The second-order valence-electron chi connectivity index (χ2n) is 6.44. The number of hydrogen-bond acceptors (Lipinski definition) is 4.